The standard InChI is InChI=1S/C17H33N3O/c1-7-10-18-13-14-15(8-2)19-20(16(14)9-3)11-12-21-17(4,5)6/h18H,7-13H2,1-6H3. The number of nitrogens with zero attached hydrogens (tertiary/aromatic N) is 2. The Morgan fingerprint density at radius 1 is 1.14 bits per heavy atom. The summed E-state index contributed by atoms with van der Waals surface area (Å²) in [6, 6.07) is 0. The van der Waals surface area contributed by atoms with Gasteiger partial charge in [-0.05, 0) is 46.6 Å². The lowest BCUT2D eigenvalue weighted by molar-refractivity contribution is -0.00817. The Kier molecular flexibility index (Phi) is 7.40. The van der Waals surface area contributed by atoms with E-state index in [2.05, 4.69) is 51.5 Å². The van der Waals surface area contributed by atoms with Gasteiger partial charge in [-0.3, -0.25) is 4.68 Å². The quantitative estimate of drug-likeness (QED) is 0.710. The molecule has 0 saturated heterocycles. The lowest BCUT2D eigenvalue weighted by atomic mass is 10.1. The van der Waals surface area contributed by atoms with Crippen LogP contribution in [0.4, 0.5) is 0 Å². The predicted octanol–water partition coefficient (Wildman–Crippen LogP) is 3.32. The molecule has 0 radical (unpaired) electrons. The molecule has 1 aromatic heterocycles. The summed E-state index contributed by atoms with van der Waals surface area (Å²) in [5.74, 6) is 0. The zero-order chi connectivity index (χ0) is 15.9. The van der Waals surface area contributed by atoms with Gasteiger partial charge in [-0.15, -0.1) is 0 Å². The molecule has 122 valence electrons. The maximum atomic E-state index is 5.84. The van der Waals surface area contributed by atoms with Crippen LogP contribution in [0.15, 0.2) is 0 Å². The van der Waals surface area contributed by atoms with Crippen molar-refractivity contribution in [3.8, 4) is 0 Å². The zero-order valence-electron chi connectivity index (χ0n) is 14.8. The molecule has 4 heteroatoms. The highest BCUT2D eigenvalue weighted by Crippen LogP contribution is 2.17. The molecule has 1 rings (SSSR count). The summed E-state index contributed by atoms with van der Waals surface area (Å²) in [6.07, 6.45) is 3.17. The highest BCUT2D eigenvalue weighted by Gasteiger charge is 2.16. The van der Waals surface area contributed by atoms with Crippen LogP contribution in [0.25, 0.3) is 0 Å². The molecule has 0 atom stereocenters. The summed E-state index contributed by atoms with van der Waals surface area (Å²) in [4.78, 5) is 0. The van der Waals surface area contributed by atoms with Crippen molar-refractivity contribution in [2.75, 3.05) is 13.2 Å². The third kappa shape index (κ3) is 5.79. The van der Waals surface area contributed by atoms with Crippen molar-refractivity contribution >= 4 is 0 Å². The van der Waals surface area contributed by atoms with Crippen molar-refractivity contribution in [3.05, 3.63) is 17.0 Å². The molecular formula is C17H33N3O. The van der Waals surface area contributed by atoms with Gasteiger partial charge in [0.1, 0.15) is 0 Å². The van der Waals surface area contributed by atoms with Crippen molar-refractivity contribution in [3.63, 3.8) is 0 Å². The molecule has 1 heterocycles. The predicted molar refractivity (Wildman–Crippen MR) is 88.7 cm³/mol. The lowest BCUT2D eigenvalue weighted by Crippen LogP contribution is -2.23. The topological polar surface area (TPSA) is 39.1 Å². The van der Waals surface area contributed by atoms with E-state index in [1.54, 1.807) is 0 Å². The van der Waals surface area contributed by atoms with Crippen molar-refractivity contribution < 1.29 is 4.74 Å². The second-order valence-electron chi connectivity index (χ2n) is 6.44. The van der Waals surface area contributed by atoms with Crippen LogP contribution in [-0.4, -0.2) is 28.5 Å². The van der Waals surface area contributed by atoms with Gasteiger partial charge in [0.05, 0.1) is 24.4 Å². The van der Waals surface area contributed by atoms with Gasteiger partial charge in [-0.25, -0.2) is 0 Å². The van der Waals surface area contributed by atoms with Crippen molar-refractivity contribution in [1.29, 1.82) is 0 Å². The Hall–Kier alpha value is -0.870. The van der Waals surface area contributed by atoms with E-state index in [0.717, 1.165) is 38.9 Å². The Morgan fingerprint density at radius 3 is 2.38 bits per heavy atom. The van der Waals surface area contributed by atoms with Crippen LogP contribution in [0.1, 0.15) is 64.9 Å². The second-order valence-corrected chi connectivity index (χ2v) is 6.44. The minimum Gasteiger partial charge on any atom is -0.374 e. The molecule has 0 aliphatic heterocycles. The van der Waals surface area contributed by atoms with E-state index >= 15 is 0 Å². The molecule has 0 bridgehead atoms. The van der Waals surface area contributed by atoms with Gasteiger partial charge in [-0.1, -0.05) is 20.8 Å². The van der Waals surface area contributed by atoms with Crippen LogP contribution < -0.4 is 5.32 Å². The summed E-state index contributed by atoms with van der Waals surface area (Å²) < 4.78 is 7.98. The van der Waals surface area contributed by atoms with Crippen LogP contribution in [0.2, 0.25) is 0 Å². The SMILES string of the molecule is CCCNCc1c(CC)nn(CCOC(C)(C)C)c1CC. The molecule has 0 aromatic carbocycles. The van der Waals surface area contributed by atoms with E-state index in [4.69, 9.17) is 9.84 Å². The molecule has 1 N–H and O–H groups in total. The molecular weight excluding hydrogens is 262 g/mol. The minimum atomic E-state index is -0.0847. The third-order valence-electron chi connectivity index (χ3n) is 3.49. The second kappa shape index (κ2) is 8.54. The Labute approximate surface area is 130 Å². The van der Waals surface area contributed by atoms with Gasteiger partial charge < -0.3 is 10.1 Å². The average Bonchev–Trinajstić information content (AvgIpc) is 2.75. The van der Waals surface area contributed by atoms with Gasteiger partial charge in [0.25, 0.3) is 0 Å². The van der Waals surface area contributed by atoms with Gasteiger partial charge in [-0.2, -0.15) is 5.10 Å². The summed E-state index contributed by atoms with van der Waals surface area (Å²) in [7, 11) is 0. The first-order chi connectivity index (χ1) is 9.92. The fourth-order valence-corrected chi connectivity index (χ4v) is 2.49. The van der Waals surface area contributed by atoms with Crippen molar-refractivity contribution in [2.24, 2.45) is 0 Å². The smallest absolute Gasteiger partial charge is 0.0669 e. The Bertz CT molecular complexity index is 418. The molecule has 0 unspecified atom stereocenters. The first-order valence-corrected chi connectivity index (χ1v) is 8.35. The number of aromatic nitrogens is 2. The average molecular weight is 295 g/mol. The van der Waals surface area contributed by atoms with Crippen LogP contribution in [0, 0.1) is 0 Å². The third-order valence-corrected chi connectivity index (χ3v) is 3.49. The lowest BCUT2D eigenvalue weighted by Gasteiger charge is -2.19. The largest absolute Gasteiger partial charge is 0.374 e. The molecule has 0 spiro atoms. The molecule has 0 amide bonds. The Balaban J connectivity index is 2.79. The first-order valence-electron chi connectivity index (χ1n) is 8.35. The number of nitrogens with one attached hydrogen (secondary N) is 1. The molecule has 4 nitrogen and oxygen atoms in total. The maximum Gasteiger partial charge on any atom is 0.0669 e. The highest BCUT2D eigenvalue weighted by atomic mass is 16.5. The number of ether oxygens (including phenoxy) is 1. The molecule has 0 fully saturated rings. The normalized spacial score (nSPS) is 12.1. The molecule has 0 aliphatic rings. The first kappa shape index (κ1) is 18.2. The molecule has 0 aliphatic carbocycles. The van der Waals surface area contributed by atoms with Gasteiger partial charge >= 0.3 is 0 Å². The van der Waals surface area contributed by atoms with Crippen LogP contribution in [0.3, 0.4) is 0 Å². The summed E-state index contributed by atoms with van der Waals surface area (Å²) in [6.45, 7) is 16.4. The van der Waals surface area contributed by atoms with E-state index in [1.807, 2.05) is 0 Å². The summed E-state index contributed by atoms with van der Waals surface area (Å²) in [5, 5.41) is 8.30. The van der Waals surface area contributed by atoms with E-state index in [1.165, 1.54) is 17.0 Å². The fraction of sp³-hybridized carbons (Fsp3) is 0.824. The fourth-order valence-electron chi connectivity index (χ4n) is 2.49. The van der Waals surface area contributed by atoms with Gasteiger partial charge in [0.15, 0.2) is 0 Å². The Morgan fingerprint density at radius 2 is 1.86 bits per heavy atom. The van der Waals surface area contributed by atoms with E-state index in [-0.39, 0.29) is 5.60 Å². The highest BCUT2D eigenvalue weighted by molar-refractivity contribution is 5.26. The minimum absolute atomic E-state index is 0.0847. The zero-order valence-corrected chi connectivity index (χ0v) is 14.8. The summed E-state index contributed by atoms with van der Waals surface area (Å²) >= 11 is 0. The van der Waals surface area contributed by atoms with Crippen LogP contribution in [-0.2, 0) is 30.7 Å². The number of aryl methyl sites for hydroxylation is 1. The molecule has 21 heavy (non-hydrogen) atoms. The van der Waals surface area contributed by atoms with Gasteiger partial charge in [0, 0.05) is 17.8 Å². The van der Waals surface area contributed by atoms with E-state index < -0.39 is 0 Å². The monoisotopic (exact) mass is 295 g/mol. The van der Waals surface area contributed by atoms with E-state index in [0.29, 0.717) is 6.61 Å². The number of hydrogen-bond donors (Lipinski definition) is 1. The van der Waals surface area contributed by atoms with Crippen molar-refractivity contribution in [2.45, 2.75) is 79.5 Å². The van der Waals surface area contributed by atoms with Crippen molar-refractivity contribution in [1.82, 2.24) is 15.1 Å². The molecule has 0 saturated carbocycles. The summed E-state index contributed by atoms with van der Waals surface area (Å²) in [5.41, 5.74) is 3.89. The number of rotatable bonds is 9. The van der Waals surface area contributed by atoms with Gasteiger partial charge in [0.2, 0.25) is 0 Å². The molecule has 1 aromatic rings. The van der Waals surface area contributed by atoms with Crippen LogP contribution >= 0.6 is 0 Å². The van der Waals surface area contributed by atoms with E-state index in [9.17, 15) is 0 Å². The van der Waals surface area contributed by atoms with Crippen LogP contribution in [0.5, 0.6) is 0 Å². The maximum absolute atomic E-state index is 5.84. The number of hydrogen-bond acceptors (Lipinski definition) is 3.